The van der Waals surface area contributed by atoms with Gasteiger partial charge in [-0.2, -0.15) is 0 Å². The van der Waals surface area contributed by atoms with Gasteiger partial charge in [0.15, 0.2) is 0 Å². The second-order valence-electron chi connectivity index (χ2n) is 2.30. The molecule has 0 saturated carbocycles. The van der Waals surface area contributed by atoms with Crippen molar-refractivity contribution in [2.24, 2.45) is 0 Å². The Morgan fingerprint density at radius 3 is 2.33 bits per heavy atom. The van der Waals surface area contributed by atoms with Crippen LogP contribution in [0, 0.1) is 0 Å². The van der Waals surface area contributed by atoms with Crippen LogP contribution in [-0.2, 0) is 0 Å². The highest BCUT2D eigenvalue weighted by atomic mass is 33.6. The minimum Gasteiger partial charge on any atom is -0.497 e. The average Bonchev–Trinajstić information content (AvgIpc) is 2.03. The van der Waals surface area contributed by atoms with Crippen LogP contribution < -0.4 is 10.0 Å². The lowest BCUT2D eigenvalue weighted by Crippen LogP contribution is -1.96. The van der Waals surface area contributed by atoms with Gasteiger partial charge in [-0.25, -0.2) is 0 Å². The maximum Gasteiger partial charge on any atom is 0.118 e. The normalized spacial score (nSPS) is 23.6. The number of benzene rings is 1. The second-order valence-corrected chi connectivity index (χ2v) is 14.2. The van der Waals surface area contributed by atoms with Crippen LogP contribution in [-0.4, -0.2) is 7.11 Å². The molecule has 65 valence electrons. The van der Waals surface area contributed by atoms with E-state index in [1.165, 1.54) is 5.30 Å². The van der Waals surface area contributed by atoms with Gasteiger partial charge in [0, 0.05) is 13.3 Å². The summed E-state index contributed by atoms with van der Waals surface area (Å²) in [6.45, 7) is 1.07. The molecule has 1 aromatic rings. The van der Waals surface area contributed by atoms with E-state index in [1.807, 2.05) is 0 Å². The lowest BCUT2D eigenvalue weighted by Gasteiger charge is -2.25. The van der Waals surface area contributed by atoms with Gasteiger partial charge in [-0.05, 0) is 29.6 Å². The number of hydrogen-bond donors (Lipinski definition) is 0. The number of methoxy groups -OCH3 is 1. The molecule has 1 fully saturated rings. The van der Waals surface area contributed by atoms with Crippen molar-refractivity contribution in [3.63, 3.8) is 0 Å². The van der Waals surface area contributed by atoms with Crippen molar-refractivity contribution in [2.75, 3.05) is 7.11 Å². The van der Waals surface area contributed by atoms with Crippen molar-refractivity contribution in [1.82, 2.24) is 0 Å². The van der Waals surface area contributed by atoms with E-state index in [1.54, 1.807) is 7.11 Å². The zero-order valence-electron chi connectivity index (χ0n) is 6.53. The Morgan fingerprint density at radius 2 is 1.92 bits per heavy atom. The third kappa shape index (κ3) is 1.90. The number of rotatable bonds is 2. The summed E-state index contributed by atoms with van der Waals surface area (Å²) in [4.78, 5) is 0. The molecule has 1 heterocycles. The molecule has 0 unspecified atom stereocenters. The summed E-state index contributed by atoms with van der Waals surface area (Å²) in [6, 6.07) is 8.48. The van der Waals surface area contributed by atoms with E-state index in [2.05, 4.69) is 46.3 Å². The van der Waals surface area contributed by atoms with Gasteiger partial charge in [0.2, 0.25) is 0 Å². The molecule has 1 aliphatic heterocycles. The molecule has 0 aliphatic carbocycles. The lowest BCUT2D eigenvalue weighted by molar-refractivity contribution is 0.415. The molecular weight excluding hydrogens is 226 g/mol. The summed E-state index contributed by atoms with van der Waals surface area (Å²) in [5.74, 6) is 0.957. The van der Waals surface area contributed by atoms with Gasteiger partial charge in [0.1, 0.15) is 5.75 Å². The topological polar surface area (TPSA) is 9.23 Å². The minimum atomic E-state index is -0.260. The van der Waals surface area contributed by atoms with Crippen molar-refractivity contribution >= 4 is 40.6 Å². The smallest absolute Gasteiger partial charge is 0.118 e. The van der Waals surface area contributed by atoms with Crippen molar-refractivity contribution < 1.29 is 4.74 Å². The molecule has 0 aromatic heterocycles. The molecule has 0 spiro atoms. The Hall–Kier alpha value is 0.580. The molecule has 1 aliphatic rings. The molecule has 1 aromatic carbocycles. The Kier molecular flexibility index (Phi) is 3.20. The van der Waals surface area contributed by atoms with E-state index < -0.39 is 0 Å². The van der Waals surface area contributed by atoms with Gasteiger partial charge in [0.25, 0.3) is 0 Å². The van der Waals surface area contributed by atoms with E-state index in [-0.39, 0.29) is 6.33 Å². The molecule has 12 heavy (non-hydrogen) atoms. The van der Waals surface area contributed by atoms with Gasteiger partial charge in [-0.15, -0.1) is 0 Å². The molecule has 5 heteroatoms. The predicted octanol–water partition coefficient (Wildman–Crippen LogP) is 3.35. The highest BCUT2D eigenvalue weighted by Gasteiger charge is 2.19. The van der Waals surface area contributed by atoms with E-state index >= 15 is 0 Å². The second kappa shape index (κ2) is 4.19. The van der Waals surface area contributed by atoms with Gasteiger partial charge in [0.05, 0.1) is 7.11 Å². The zero-order valence-corrected chi connectivity index (χ0v) is 10.2. The SMILES string of the molecule is COc1ccc([PH]2SPS2)cc1. The quantitative estimate of drug-likeness (QED) is 0.727. The summed E-state index contributed by atoms with van der Waals surface area (Å²) >= 11 is 4.25. The summed E-state index contributed by atoms with van der Waals surface area (Å²) in [6.07, 6.45) is -0.260. The van der Waals surface area contributed by atoms with Gasteiger partial charge < -0.3 is 4.74 Å². The van der Waals surface area contributed by atoms with Crippen LogP contribution in [0.1, 0.15) is 0 Å². The van der Waals surface area contributed by atoms with E-state index in [9.17, 15) is 0 Å². The standard InChI is InChI=1S/C7H9OP2S2/c1-8-6-2-4-7(5-3-6)10-11-9-12-10/h2-5,9-10H,1H3. The fourth-order valence-electron chi connectivity index (χ4n) is 0.928. The van der Waals surface area contributed by atoms with E-state index in [0.717, 1.165) is 12.7 Å². The van der Waals surface area contributed by atoms with Crippen LogP contribution in [0.4, 0.5) is 0 Å². The summed E-state index contributed by atoms with van der Waals surface area (Å²) in [7, 11) is 1.71. The van der Waals surface area contributed by atoms with Crippen LogP contribution in [0.5, 0.6) is 5.75 Å². The number of hydrogen-bond acceptors (Lipinski definition) is 3. The predicted molar refractivity (Wildman–Crippen MR) is 64.4 cm³/mol. The van der Waals surface area contributed by atoms with Crippen molar-refractivity contribution in [3.8, 4) is 5.75 Å². The summed E-state index contributed by atoms with van der Waals surface area (Å²) in [5.41, 5.74) is 0. The van der Waals surface area contributed by atoms with Gasteiger partial charge >= 0.3 is 0 Å². The van der Waals surface area contributed by atoms with E-state index in [0.29, 0.717) is 0 Å². The fourth-order valence-corrected chi connectivity index (χ4v) is 11.9. The van der Waals surface area contributed by atoms with Crippen molar-refractivity contribution in [1.29, 1.82) is 0 Å². The molecular formula is C7H9OP2S2. The third-order valence-corrected chi connectivity index (χ3v) is 19.8. The Balaban J connectivity index is 2.13. The molecule has 1 nitrogen and oxygen atoms in total. The monoisotopic (exact) mass is 235 g/mol. The highest BCUT2D eigenvalue weighted by molar-refractivity contribution is 9.33. The molecule has 2 rings (SSSR count). The Morgan fingerprint density at radius 1 is 1.25 bits per heavy atom. The lowest BCUT2D eigenvalue weighted by atomic mass is 10.3. The maximum absolute atomic E-state index is 5.10. The van der Waals surface area contributed by atoms with E-state index in [4.69, 9.17) is 4.74 Å². The molecule has 1 saturated heterocycles. The van der Waals surface area contributed by atoms with Crippen LogP contribution >= 0.6 is 35.3 Å². The van der Waals surface area contributed by atoms with Crippen LogP contribution in [0.25, 0.3) is 0 Å². The third-order valence-electron chi connectivity index (χ3n) is 1.59. The van der Waals surface area contributed by atoms with Gasteiger partial charge in [-0.3, -0.25) is 0 Å². The number of ether oxygens (including phenoxy) is 1. The molecule has 0 N–H and O–H groups in total. The minimum absolute atomic E-state index is 0.260. The highest BCUT2D eigenvalue weighted by Crippen LogP contribution is 2.86. The molecule has 1 radical (unpaired) electrons. The van der Waals surface area contributed by atoms with Crippen LogP contribution in [0.15, 0.2) is 24.3 Å². The fraction of sp³-hybridized carbons (Fsp3) is 0.143. The molecule has 0 amide bonds. The first-order valence-corrected chi connectivity index (χ1v) is 10.5. The maximum atomic E-state index is 5.10. The van der Waals surface area contributed by atoms with Gasteiger partial charge in [-0.1, -0.05) is 22.0 Å². The molecule has 0 bridgehead atoms. The Labute approximate surface area is 82.6 Å². The van der Waals surface area contributed by atoms with Crippen molar-refractivity contribution in [3.05, 3.63) is 24.3 Å². The summed E-state index contributed by atoms with van der Waals surface area (Å²) in [5, 5.41) is 1.51. The first-order chi connectivity index (χ1) is 5.90. The first-order valence-electron chi connectivity index (χ1n) is 3.50. The summed E-state index contributed by atoms with van der Waals surface area (Å²) < 4.78 is 5.10. The van der Waals surface area contributed by atoms with Crippen LogP contribution in [0.2, 0.25) is 0 Å². The van der Waals surface area contributed by atoms with Crippen LogP contribution in [0.3, 0.4) is 0 Å². The first kappa shape index (κ1) is 9.15. The zero-order chi connectivity index (χ0) is 8.39. The largest absolute Gasteiger partial charge is 0.497 e. The molecule has 0 atom stereocenters. The average molecular weight is 235 g/mol. The van der Waals surface area contributed by atoms with Crippen molar-refractivity contribution in [2.45, 2.75) is 0 Å². The Bertz CT molecular complexity index is 261.